The van der Waals surface area contributed by atoms with E-state index in [1.807, 2.05) is 12.1 Å². The molecule has 0 radical (unpaired) electrons. The molecule has 0 saturated heterocycles. The van der Waals surface area contributed by atoms with Crippen molar-refractivity contribution in [1.82, 2.24) is 0 Å². The number of benzene rings is 5. The Morgan fingerprint density at radius 2 is 1.21 bits per heavy atom. The Kier molecular flexibility index (Phi) is 3.72. The van der Waals surface area contributed by atoms with Crippen molar-refractivity contribution >= 4 is 54.6 Å². The molecule has 136 valence electrons. The van der Waals surface area contributed by atoms with Gasteiger partial charge in [-0.05, 0) is 49.5 Å². The molecular formula is C24H16O3S. The van der Waals surface area contributed by atoms with E-state index >= 15 is 0 Å². The maximum atomic E-state index is 11.6. The molecule has 0 saturated carbocycles. The first-order valence-corrected chi connectivity index (χ1v) is 10.4. The molecule has 28 heavy (non-hydrogen) atoms. The highest BCUT2D eigenvalue weighted by Gasteiger charge is 2.13. The van der Waals surface area contributed by atoms with Gasteiger partial charge in [0.05, 0.1) is 0 Å². The largest absolute Gasteiger partial charge is 0.295 e. The van der Waals surface area contributed by atoms with Gasteiger partial charge in [-0.2, -0.15) is 8.42 Å². The molecule has 1 N–H and O–H groups in total. The normalized spacial score (nSPS) is 12.6. The van der Waals surface area contributed by atoms with Crippen LogP contribution in [0, 0.1) is 0 Å². The Balaban J connectivity index is 1.74. The summed E-state index contributed by atoms with van der Waals surface area (Å²) in [6, 6.07) is 25.3. The van der Waals surface area contributed by atoms with Gasteiger partial charge in [0.15, 0.2) is 0 Å². The Morgan fingerprint density at radius 3 is 1.96 bits per heavy atom. The van der Waals surface area contributed by atoms with Crippen LogP contribution >= 0.6 is 0 Å². The fourth-order valence-electron chi connectivity index (χ4n) is 3.94. The molecule has 5 aromatic carbocycles. The minimum atomic E-state index is -4.27. The average Bonchev–Trinajstić information content (AvgIpc) is 2.70. The lowest BCUT2D eigenvalue weighted by atomic mass is 9.92. The molecule has 0 heterocycles. The summed E-state index contributed by atoms with van der Waals surface area (Å²) in [4.78, 5) is -0.0936. The van der Waals surface area contributed by atoms with Gasteiger partial charge >= 0.3 is 0 Å². The van der Waals surface area contributed by atoms with Gasteiger partial charge in [-0.15, -0.1) is 0 Å². The highest BCUT2D eigenvalue weighted by molar-refractivity contribution is 7.85. The first-order valence-electron chi connectivity index (χ1n) is 8.93. The van der Waals surface area contributed by atoms with Gasteiger partial charge < -0.3 is 0 Å². The van der Waals surface area contributed by atoms with Gasteiger partial charge in [-0.1, -0.05) is 84.9 Å². The summed E-state index contributed by atoms with van der Waals surface area (Å²) in [5, 5.41) is 7.14. The number of hydrogen-bond donors (Lipinski definition) is 1. The summed E-state index contributed by atoms with van der Waals surface area (Å²) in [5.41, 5.74) is 1.45. The average molecular weight is 384 g/mol. The van der Waals surface area contributed by atoms with Crippen molar-refractivity contribution in [1.29, 1.82) is 0 Å². The molecule has 0 spiro atoms. The Bertz CT molecular complexity index is 1460. The van der Waals surface area contributed by atoms with E-state index in [1.54, 1.807) is 24.3 Å². The van der Waals surface area contributed by atoms with Gasteiger partial charge in [0.25, 0.3) is 10.1 Å². The summed E-state index contributed by atoms with van der Waals surface area (Å²) < 4.78 is 32.7. The van der Waals surface area contributed by atoms with E-state index < -0.39 is 10.1 Å². The third kappa shape index (κ3) is 2.66. The van der Waals surface area contributed by atoms with Crippen LogP contribution in [0.5, 0.6) is 0 Å². The van der Waals surface area contributed by atoms with Gasteiger partial charge in [-0.3, -0.25) is 4.55 Å². The second kappa shape index (κ2) is 6.16. The standard InChI is InChI=1S/C24H16O3S/c25-28(26,27)22-7-2-1-4-17(22)10-8-16-9-11-20-13-12-18-5-3-6-19-14-15-21(16)24(20)23(18)19/h1-15H,(H,25,26,27). The second-order valence-corrected chi connectivity index (χ2v) is 8.25. The van der Waals surface area contributed by atoms with E-state index in [2.05, 4.69) is 48.5 Å². The zero-order chi connectivity index (χ0) is 19.3. The van der Waals surface area contributed by atoms with Gasteiger partial charge in [0, 0.05) is 0 Å². The lowest BCUT2D eigenvalue weighted by Crippen LogP contribution is -2.00. The van der Waals surface area contributed by atoms with Crippen LogP contribution < -0.4 is 0 Å². The molecule has 0 atom stereocenters. The number of rotatable bonds is 3. The highest BCUT2D eigenvalue weighted by atomic mass is 32.2. The van der Waals surface area contributed by atoms with Crippen molar-refractivity contribution in [3.05, 3.63) is 90.0 Å². The van der Waals surface area contributed by atoms with Crippen LogP contribution in [0.3, 0.4) is 0 Å². The van der Waals surface area contributed by atoms with Crippen LogP contribution in [-0.2, 0) is 10.1 Å². The van der Waals surface area contributed by atoms with E-state index in [0.29, 0.717) is 5.56 Å². The molecule has 0 aliphatic carbocycles. The maximum absolute atomic E-state index is 11.6. The SMILES string of the molecule is O=S(=O)(O)c1ccccc1C=Cc1ccc2ccc3cccc4ccc1c2c34. The zero-order valence-electron chi connectivity index (χ0n) is 14.8. The van der Waals surface area contributed by atoms with Crippen molar-refractivity contribution in [2.45, 2.75) is 4.90 Å². The second-order valence-electron chi connectivity index (χ2n) is 6.86. The fourth-order valence-corrected chi connectivity index (χ4v) is 4.62. The van der Waals surface area contributed by atoms with Gasteiger partial charge in [0.2, 0.25) is 0 Å². The lowest BCUT2D eigenvalue weighted by molar-refractivity contribution is 0.483. The third-order valence-electron chi connectivity index (χ3n) is 5.20. The molecule has 0 aliphatic heterocycles. The molecule has 5 rings (SSSR count). The minimum Gasteiger partial charge on any atom is -0.282 e. The van der Waals surface area contributed by atoms with E-state index in [0.717, 1.165) is 10.9 Å². The molecular weight excluding hydrogens is 368 g/mol. The predicted molar refractivity (Wildman–Crippen MR) is 115 cm³/mol. The summed E-state index contributed by atoms with van der Waals surface area (Å²) >= 11 is 0. The fraction of sp³-hybridized carbons (Fsp3) is 0. The van der Waals surface area contributed by atoms with E-state index in [4.69, 9.17) is 0 Å². The molecule has 0 fully saturated rings. The minimum absolute atomic E-state index is 0.0936. The molecule has 0 bridgehead atoms. The zero-order valence-corrected chi connectivity index (χ0v) is 15.6. The van der Waals surface area contributed by atoms with Crippen LogP contribution in [-0.4, -0.2) is 13.0 Å². The van der Waals surface area contributed by atoms with Crippen LogP contribution in [0.25, 0.3) is 44.5 Å². The monoisotopic (exact) mass is 384 g/mol. The predicted octanol–water partition coefficient (Wildman–Crippen LogP) is 6.00. The topological polar surface area (TPSA) is 54.4 Å². The van der Waals surface area contributed by atoms with Crippen LogP contribution in [0.4, 0.5) is 0 Å². The Hall–Kier alpha value is -3.21. The van der Waals surface area contributed by atoms with Crippen LogP contribution in [0.1, 0.15) is 11.1 Å². The van der Waals surface area contributed by atoms with E-state index in [-0.39, 0.29) is 4.90 Å². The van der Waals surface area contributed by atoms with Crippen LogP contribution in [0.2, 0.25) is 0 Å². The molecule has 5 aromatic rings. The summed E-state index contributed by atoms with van der Waals surface area (Å²) in [7, 11) is -4.27. The summed E-state index contributed by atoms with van der Waals surface area (Å²) in [6.45, 7) is 0. The molecule has 0 amide bonds. The quantitative estimate of drug-likeness (QED) is 0.236. The smallest absolute Gasteiger partial charge is 0.282 e. The first kappa shape index (κ1) is 16.9. The van der Waals surface area contributed by atoms with Gasteiger partial charge in [-0.25, -0.2) is 0 Å². The highest BCUT2D eigenvalue weighted by Crippen LogP contribution is 2.36. The summed E-state index contributed by atoms with van der Waals surface area (Å²) in [5.74, 6) is 0. The molecule has 0 aliphatic rings. The molecule has 0 unspecified atom stereocenters. The first-order chi connectivity index (χ1) is 13.5. The van der Waals surface area contributed by atoms with Crippen molar-refractivity contribution in [3.8, 4) is 0 Å². The molecule has 0 aromatic heterocycles. The third-order valence-corrected chi connectivity index (χ3v) is 6.13. The maximum Gasteiger partial charge on any atom is 0.295 e. The summed E-state index contributed by atoms with van der Waals surface area (Å²) in [6.07, 6.45) is 3.63. The van der Waals surface area contributed by atoms with Crippen molar-refractivity contribution in [2.75, 3.05) is 0 Å². The van der Waals surface area contributed by atoms with E-state index in [9.17, 15) is 13.0 Å². The van der Waals surface area contributed by atoms with Crippen LogP contribution in [0.15, 0.2) is 83.8 Å². The van der Waals surface area contributed by atoms with Gasteiger partial charge in [0.1, 0.15) is 4.90 Å². The Labute approximate surface area is 162 Å². The molecule has 3 nitrogen and oxygen atoms in total. The number of hydrogen-bond acceptors (Lipinski definition) is 2. The van der Waals surface area contributed by atoms with Crippen molar-refractivity contribution in [3.63, 3.8) is 0 Å². The van der Waals surface area contributed by atoms with Crippen molar-refractivity contribution < 1.29 is 13.0 Å². The Morgan fingerprint density at radius 1 is 0.607 bits per heavy atom. The van der Waals surface area contributed by atoms with Crippen molar-refractivity contribution in [2.24, 2.45) is 0 Å². The molecule has 4 heteroatoms. The lowest BCUT2D eigenvalue weighted by Gasteiger charge is -2.12. The van der Waals surface area contributed by atoms with E-state index in [1.165, 1.54) is 33.0 Å².